The van der Waals surface area contributed by atoms with Gasteiger partial charge in [0.1, 0.15) is 11.5 Å². The quantitative estimate of drug-likeness (QED) is 0.758. The molecular formula is C18H15ClN2O5. The van der Waals surface area contributed by atoms with Crippen LogP contribution < -0.4 is 24.6 Å². The van der Waals surface area contributed by atoms with Crippen molar-refractivity contribution in [1.82, 2.24) is 9.55 Å². The molecule has 0 bridgehead atoms. The molecule has 1 N–H and O–H groups in total. The summed E-state index contributed by atoms with van der Waals surface area (Å²) >= 11 is 6.21. The van der Waals surface area contributed by atoms with Crippen LogP contribution in [0, 0.1) is 0 Å². The molecule has 1 aliphatic heterocycles. The first kappa shape index (κ1) is 16.4. The third-order valence-corrected chi connectivity index (χ3v) is 4.41. The molecule has 134 valence electrons. The fraction of sp³-hybridized carbons (Fsp3) is 0.167. The van der Waals surface area contributed by atoms with Gasteiger partial charge < -0.3 is 23.9 Å². The lowest BCUT2D eigenvalue weighted by Crippen LogP contribution is -2.15. The fourth-order valence-corrected chi connectivity index (χ4v) is 3.05. The Kier molecular flexibility index (Phi) is 4.00. The number of aromatic amines is 1. The van der Waals surface area contributed by atoms with Crippen LogP contribution in [0.2, 0.25) is 5.02 Å². The first-order chi connectivity index (χ1) is 12.6. The molecule has 7 nitrogen and oxygen atoms in total. The summed E-state index contributed by atoms with van der Waals surface area (Å²) in [5.41, 5.74) is 1.61. The highest BCUT2D eigenvalue weighted by atomic mass is 35.5. The lowest BCUT2D eigenvalue weighted by Gasteiger charge is -2.11. The normalized spacial score (nSPS) is 12.3. The van der Waals surface area contributed by atoms with Crippen LogP contribution >= 0.6 is 11.6 Å². The van der Waals surface area contributed by atoms with Crippen LogP contribution in [-0.2, 0) is 0 Å². The number of hydrogen-bond acceptors (Lipinski definition) is 5. The Morgan fingerprint density at radius 3 is 2.62 bits per heavy atom. The predicted molar refractivity (Wildman–Crippen MR) is 96.1 cm³/mol. The first-order valence-electron chi connectivity index (χ1n) is 7.74. The van der Waals surface area contributed by atoms with Crippen molar-refractivity contribution in [3.8, 4) is 39.9 Å². The molecule has 0 amide bonds. The minimum atomic E-state index is -0.322. The number of imidazole rings is 1. The van der Waals surface area contributed by atoms with E-state index in [0.717, 1.165) is 5.56 Å². The van der Waals surface area contributed by atoms with Gasteiger partial charge in [0.25, 0.3) is 0 Å². The van der Waals surface area contributed by atoms with Crippen molar-refractivity contribution < 1.29 is 18.9 Å². The van der Waals surface area contributed by atoms with Crippen LogP contribution in [0.15, 0.2) is 41.3 Å². The summed E-state index contributed by atoms with van der Waals surface area (Å²) in [5, 5.41) is 0.376. The van der Waals surface area contributed by atoms with Crippen LogP contribution in [0.25, 0.3) is 16.9 Å². The van der Waals surface area contributed by atoms with Crippen molar-refractivity contribution in [3.63, 3.8) is 0 Å². The summed E-state index contributed by atoms with van der Waals surface area (Å²) in [4.78, 5) is 15.3. The smallest absolute Gasteiger partial charge is 0.330 e. The maximum atomic E-state index is 12.5. The Hall–Kier alpha value is -3.06. The van der Waals surface area contributed by atoms with Crippen molar-refractivity contribution in [3.05, 3.63) is 52.0 Å². The zero-order chi connectivity index (χ0) is 18.3. The average Bonchev–Trinajstić information content (AvgIpc) is 3.27. The van der Waals surface area contributed by atoms with E-state index >= 15 is 0 Å². The van der Waals surface area contributed by atoms with E-state index in [1.54, 1.807) is 24.4 Å². The number of benzene rings is 2. The van der Waals surface area contributed by atoms with Crippen LogP contribution in [0.3, 0.4) is 0 Å². The molecule has 1 aromatic heterocycles. The largest absolute Gasteiger partial charge is 0.495 e. The van der Waals surface area contributed by atoms with Crippen molar-refractivity contribution in [2.75, 3.05) is 21.0 Å². The monoisotopic (exact) mass is 374 g/mol. The molecule has 1 aliphatic rings. The Morgan fingerprint density at radius 1 is 1.08 bits per heavy atom. The van der Waals surface area contributed by atoms with Crippen LogP contribution in [0.4, 0.5) is 0 Å². The molecule has 8 heteroatoms. The predicted octanol–water partition coefficient (Wildman–Crippen LogP) is 3.23. The maximum absolute atomic E-state index is 12.5. The summed E-state index contributed by atoms with van der Waals surface area (Å²) < 4.78 is 22.7. The van der Waals surface area contributed by atoms with Gasteiger partial charge in [0.15, 0.2) is 11.5 Å². The molecule has 0 radical (unpaired) electrons. The molecule has 0 atom stereocenters. The third-order valence-electron chi connectivity index (χ3n) is 4.12. The van der Waals surface area contributed by atoms with Gasteiger partial charge in [0.05, 0.1) is 30.6 Å². The summed E-state index contributed by atoms with van der Waals surface area (Å²) in [6.45, 7) is 0.192. The molecule has 2 aromatic carbocycles. The summed E-state index contributed by atoms with van der Waals surface area (Å²) in [6.07, 6.45) is 1.68. The molecule has 26 heavy (non-hydrogen) atoms. The maximum Gasteiger partial charge on any atom is 0.330 e. The van der Waals surface area contributed by atoms with Gasteiger partial charge in [-0.05, 0) is 24.3 Å². The number of aromatic nitrogens is 2. The van der Waals surface area contributed by atoms with Crippen molar-refractivity contribution in [2.45, 2.75) is 0 Å². The lowest BCUT2D eigenvalue weighted by molar-refractivity contribution is 0.174. The Balaban J connectivity index is 1.80. The highest BCUT2D eigenvalue weighted by molar-refractivity contribution is 6.32. The minimum Gasteiger partial charge on any atom is -0.495 e. The number of methoxy groups -OCH3 is 2. The number of halogens is 1. The van der Waals surface area contributed by atoms with E-state index in [9.17, 15) is 4.79 Å². The van der Waals surface area contributed by atoms with E-state index in [4.69, 9.17) is 30.5 Å². The molecule has 0 saturated heterocycles. The van der Waals surface area contributed by atoms with Gasteiger partial charge in [-0.1, -0.05) is 11.6 Å². The van der Waals surface area contributed by atoms with Gasteiger partial charge in [-0.15, -0.1) is 0 Å². The van der Waals surface area contributed by atoms with Crippen molar-refractivity contribution in [2.24, 2.45) is 0 Å². The highest BCUT2D eigenvalue weighted by Crippen LogP contribution is 2.37. The number of nitrogens with one attached hydrogen (secondary N) is 1. The van der Waals surface area contributed by atoms with E-state index in [1.807, 2.05) is 12.1 Å². The number of fused-ring (bicyclic) bond motifs is 1. The Morgan fingerprint density at radius 2 is 1.85 bits per heavy atom. The number of H-pyrrole nitrogens is 1. The standard InChI is InChI=1S/C18H15ClN2O5/c1-23-15-7-16(24-2)13(6-11(15)19)21-8-12(20-18(21)22)10-3-4-14-17(5-10)26-9-25-14/h3-8H,9H2,1-2H3,(H,20,22). The van der Waals surface area contributed by atoms with Gasteiger partial charge >= 0.3 is 5.69 Å². The van der Waals surface area contributed by atoms with Gasteiger partial charge in [-0.3, -0.25) is 4.57 Å². The zero-order valence-corrected chi connectivity index (χ0v) is 14.8. The van der Waals surface area contributed by atoms with E-state index in [1.165, 1.54) is 18.8 Å². The molecule has 0 aliphatic carbocycles. The van der Waals surface area contributed by atoms with Crippen LogP contribution in [-0.4, -0.2) is 30.6 Å². The molecular weight excluding hydrogens is 360 g/mol. The number of hydrogen-bond donors (Lipinski definition) is 1. The van der Waals surface area contributed by atoms with Crippen LogP contribution in [0.1, 0.15) is 0 Å². The van der Waals surface area contributed by atoms with Crippen molar-refractivity contribution >= 4 is 11.6 Å². The molecule has 0 fully saturated rings. The molecule has 0 spiro atoms. The molecule has 0 saturated carbocycles. The molecule has 4 rings (SSSR count). The van der Waals surface area contributed by atoms with Crippen molar-refractivity contribution in [1.29, 1.82) is 0 Å². The minimum absolute atomic E-state index is 0.192. The summed E-state index contributed by atoms with van der Waals surface area (Å²) in [7, 11) is 3.03. The number of ether oxygens (including phenoxy) is 4. The third kappa shape index (κ3) is 2.66. The molecule has 2 heterocycles. The Labute approximate surface area is 153 Å². The molecule has 3 aromatic rings. The van der Waals surface area contributed by atoms with Gasteiger partial charge in [-0.2, -0.15) is 0 Å². The molecule has 0 unspecified atom stereocenters. The second-order valence-electron chi connectivity index (χ2n) is 5.57. The van der Waals surface area contributed by atoms with Gasteiger partial charge in [0.2, 0.25) is 6.79 Å². The Bertz CT molecular complexity index is 1040. The SMILES string of the molecule is COc1cc(OC)c(-n2cc(-c3ccc4c(c3)OCO4)[nH]c2=O)cc1Cl. The second kappa shape index (κ2) is 6.34. The van der Waals surface area contributed by atoms with E-state index in [-0.39, 0.29) is 12.5 Å². The number of rotatable bonds is 4. The summed E-state index contributed by atoms with van der Waals surface area (Å²) in [6, 6.07) is 8.73. The average molecular weight is 375 g/mol. The van der Waals surface area contributed by atoms with E-state index in [2.05, 4.69) is 4.98 Å². The highest BCUT2D eigenvalue weighted by Gasteiger charge is 2.17. The van der Waals surface area contributed by atoms with E-state index in [0.29, 0.717) is 39.4 Å². The number of nitrogens with zero attached hydrogens (tertiary/aromatic N) is 1. The zero-order valence-electron chi connectivity index (χ0n) is 14.0. The van der Waals surface area contributed by atoms with E-state index < -0.39 is 0 Å². The topological polar surface area (TPSA) is 74.7 Å². The summed E-state index contributed by atoms with van der Waals surface area (Å²) in [5.74, 6) is 2.25. The first-order valence-corrected chi connectivity index (χ1v) is 8.12. The van der Waals surface area contributed by atoms with Gasteiger partial charge in [-0.25, -0.2) is 4.79 Å². The van der Waals surface area contributed by atoms with Crippen LogP contribution in [0.5, 0.6) is 23.0 Å². The van der Waals surface area contributed by atoms with Gasteiger partial charge in [0, 0.05) is 17.8 Å². The lowest BCUT2D eigenvalue weighted by atomic mass is 10.1. The fourth-order valence-electron chi connectivity index (χ4n) is 2.82. The second-order valence-corrected chi connectivity index (χ2v) is 5.98.